The van der Waals surface area contributed by atoms with Gasteiger partial charge in [0.15, 0.2) is 5.17 Å². The van der Waals surface area contributed by atoms with E-state index in [9.17, 15) is 0 Å². The predicted molar refractivity (Wildman–Crippen MR) is 105 cm³/mol. The van der Waals surface area contributed by atoms with Crippen LogP contribution in [0.25, 0.3) is 0 Å². The zero-order valence-electron chi connectivity index (χ0n) is 13.1. The van der Waals surface area contributed by atoms with E-state index in [1.54, 1.807) is 11.8 Å². The van der Waals surface area contributed by atoms with Crippen LogP contribution in [0.3, 0.4) is 0 Å². The number of aliphatic hydroxyl groups is 1. The monoisotopic (exact) mass is 436 g/mol. The second-order valence-electron chi connectivity index (χ2n) is 4.72. The van der Waals surface area contributed by atoms with Gasteiger partial charge >= 0.3 is 0 Å². The number of hydrogen-bond acceptors (Lipinski definition) is 4. The Morgan fingerprint density at radius 3 is 2.59 bits per heavy atom. The number of halogens is 1. The van der Waals surface area contributed by atoms with Gasteiger partial charge in [0.1, 0.15) is 0 Å². The summed E-state index contributed by atoms with van der Waals surface area (Å²) >= 11 is 4.10. The highest BCUT2D eigenvalue weighted by atomic mass is 127. The molecule has 0 fully saturated rings. The minimum absolute atomic E-state index is 0.115. The molecule has 1 rings (SSSR count). The molecule has 1 aromatic rings. The van der Waals surface area contributed by atoms with E-state index < -0.39 is 0 Å². The second-order valence-corrected chi connectivity index (χ2v) is 6.75. The molecule has 0 saturated carbocycles. The quantitative estimate of drug-likeness (QED) is 0.197. The lowest BCUT2D eigenvalue weighted by atomic mass is 10.2. The second kappa shape index (κ2) is 13.2. The van der Waals surface area contributed by atoms with Gasteiger partial charge in [-0.2, -0.15) is 0 Å². The van der Waals surface area contributed by atoms with Crippen molar-refractivity contribution in [3.8, 4) is 0 Å². The highest BCUT2D eigenvalue weighted by Gasteiger charge is 2.09. The van der Waals surface area contributed by atoms with Crippen LogP contribution in [-0.4, -0.2) is 42.9 Å². The summed E-state index contributed by atoms with van der Waals surface area (Å²) in [4.78, 5) is 4.39. The zero-order valence-corrected chi connectivity index (χ0v) is 16.1. The van der Waals surface area contributed by atoms with E-state index in [1.165, 1.54) is 19.3 Å². The number of thioether (sulfide) groups is 1. The Morgan fingerprint density at radius 2 is 1.91 bits per heavy atom. The molecule has 0 atom stereocenters. The molecule has 0 aliphatic heterocycles. The normalized spacial score (nSPS) is 11.7. The van der Waals surface area contributed by atoms with Gasteiger partial charge in [0, 0.05) is 19.4 Å². The number of para-hydroxylation sites is 1. The lowest BCUT2D eigenvalue weighted by Crippen LogP contribution is -2.17. The van der Waals surface area contributed by atoms with Crippen molar-refractivity contribution in [1.82, 2.24) is 0 Å². The fourth-order valence-electron chi connectivity index (χ4n) is 1.87. The molecule has 0 aliphatic carbocycles. The number of nitrogens with zero attached hydrogens (tertiary/aromatic N) is 2. The van der Waals surface area contributed by atoms with Crippen molar-refractivity contribution >= 4 is 45.5 Å². The molecule has 0 radical (unpaired) electrons. The maximum atomic E-state index is 8.60. The molecule has 1 aromatic carbocycles. The smallest absolute Gasteiger partial charge is 0.172 e. The summed E-state index contributed by atoms with van der Waals surface area (Å²) in [5, 5.41) is 9.64. The van der Waals surface area contributed by atoms with Gasteiger partial charge in [0.2, 0.25) is 0 Å². The van der Waals surface area contributed by atoms with E-state index in [1.807, 2.05) is 25.2 Å². The van der Waals surface area contributed by atoms with Gasteiger partial charge in [-0.3, -0.25) is 8.11 Å². The maximum Gasteiger partial charge on any atom is 0.172 e. The molecular weight excluding hydrogens is 411 g/mol. The number of aliphatic imine (C=N–C) groups is 1. The fraction of sp³-hybridized carbons (Fsp3) is 0.562. The minimum atomic E-state index is 0.115. The lowest BCUT2D eigenvalue weighted by Gasteiger charge is -2.17. The van der Waals surface area contributed by atoms with Gasteiger partial charge in [-0.1, -0.05) is 42.8 Å². The summed E-state index contributed by atoms with van der Waals surface area (Å²) in [7, 11) is 1.84. The summed E-state index contributed by atoms with van der Waals surface area (Å²) < 4.78 is 7.35. The van der Waals surface area contributed by atoms with Crippen molar-refractivity contribution < 1.29 is 9.84 Å². The highest BCUT2D eigenvalue weighted by molar-refractivity contribution is 14.1. The Hall–Kier alpha value is -0.310. The fourth-order valence-corrected chi connectivity index (χ4v) is 3.70. The van der Waals surface area contributed by atoms with Crippen LogP contribution in [0.5, 0.6) is 0 Å². The molecule has 0 aromatic heterocycles. The SMILES string of the molecule is C/N=C(/SCCCCCCOCCO)N(I)c1ccccc1. The van der Waals surface area contributed by atoms with Crippen LogP contribution >= 0.6 is 34.6 Å². The van der Waals surface area contributed by atoms with Gasteiger partial charge < -0.3 is 9.84 Å². The minimum Gasteiger partial charge on any atom is -0.394 e. The first kappa shape index (κ1) is 19.7. The van der Waals surface area contributed by atoms with Crippen LogP contribution in [0.4, 0.5) is 5.69 Å². The molecule has 1 N–H and O–H groups in total. The van der Waals surface area contributed by atoms with Gasteiger partial charge in [0.05, 0.1) is 41.8 Å². The predicted octanol–water partition coefficient (Wildman–Crippen LogP) is 4.13. The third kappa shape index (κ3) is 8.36. The summed E-state index contributed by atoms with van der Waals surface area (Å²) in [5.74, 6) is 1.08. The van der Waals surface area contributed by atoms with E-state index in [4.69, 9.17) is 9.84 Å². The zero-order chi connectivity index (χ0) is 16.0. The Balaban J connectivity index is 2.14. The number of unbranched alkanes of at least 4 members (excludes halogenated alkanes) is 3. The Labute approximate surface area is 151 Å². The van der Waals surface area contributed by atoms with Gasteiger partial charge in [0.25, 0.3) is 0 Å². The van der Waals surface area contributed by atoms with E-state index in [0.29, 0.717) is 6.61 Å². The molecule has 124 valence electrons. The first-order valence-corrected chi connectivity index (χ1v) is 9.53. The van der Waals surface area contributed by atoms with Crippen LogP contribution in [0.15, 0.2) is 35.3 Å². The Bertz CT molecular complexity index is 418. The van der Waals surface area contributed by atoms with Crippen LogP contribution < -0.4 is 3.11 Å². The molecule has 6 heteroatoms. The van der Waals surface area contributed by atoms with Crippen molar-refractivity contribution in [2.75, 3.05) is 35.7 Å². The van der Waals surface area contributed by atoms with E-state index in [-0.39, 0.29) is 6.61 Å². The Kier molecular flexibility index (Phi) is 11.8. The maximum absolute atomic E-state index is 8.60. The van der Waals surface area contributed by atoms with Crippen molar-refractivity contribution in [2.45, 2.75) is 25.7 Å². The van der Waals surface area contributed by atoms with E-state index in [0.717, 1.165) is 29.6 Å². The average Bonchev–Trinajstić information content (AvgIpc) is 2.57. The number of amidine groups is 1. The van der Waals surface area contributed by atoms with Gasteiger partial charge in [-0.05, 0) is 25.0 Å². The molecule has 0 bridgehead atoms. The summed E-state index contributed by atoms with van der Waals surface area (Å²) in [6.07, 6.45) is 4.64. The third-order valence-corrected chi connectivity index (χ3v) is 5.45. The number of aliphatic hydroxyl groups excluding tert-OH is 1. The number of hydrogen-bond donors (Lipinski definition) is 1. The standard InChI is InChI=1S/C16H25IN2O2S/c1-18-16(19(17)15-9-5-4-6-10-15)22-14-8-3-2-7-12-21-13-11-20/h4-6,9-10,20H,2-3,7-8,11-14H2,1H3/b18-16+. The largest absolute Gasteiger partial charge is 0.394 e. The van der Waals surface area contributed by atoms with Crippen molar-refractivity contribution in [3.05, 3.63) is 30.3 Å². The number of ether oxygens (including phenoxy) is 1. The van der Waals surface area contributed by atoms with Crippen molar-refractivity contribution in [3.63, 3.8) is 0 Å². The molecule has 0 amide bonds. The molecule has 0 heterocycles. The third-order valence-electron chi connectivity index (χ3n) is 2.99. The summed E-state index contributed by atoms with van der Waals surface area (Å²) in [6.45, 7) is 1.33. The average molecular weight is 436 g/mol. The molecule has 0 unspecified atom stereocenters. The molecule has 4 nitrogen and oxygen atoms in total. The number of anilines is 1. The van der Waals surface area contributed by atoms with E-state index in [2.05, 4.69) is 43.1 Å². The van der Waals surface area contributed by atoms with Crippen LogP contribution in [-0.2, 0) is 4.74 Å². The van der Waals surface area contributed by atoms with Gasteiger partial charge in [-0.25, -0.2) is 0 Å². The van der Waals surface area contributed by atoms with Crippen LogP contribution in [0, 0.1) is 0 Å². The first-order chi connectivity index (χ1) is 10.8. The van der Waals surface area contributed by atoms with E-state index >= 15 is 0 Å². The molecular formula is C16H25IN2O2S. The molecule has 0 spiro atoms. The first-order valence-electron chi connectivity index (χ1n) is 7.58. The lowest BCUT2D eigenvalue weighted by molar-refractivity contribution is 0.0896. The number of benzene rings is 1. The molecule has 0 aliphatic rings. The number of rotatable bonds is 10. The van der Waals surface area contributed by atoms with Crippen molar-refractivity contribution in [2.24, 2.45) is 4.99 Å². The van der Waals surface area contributed by atoms with Gasteiger partial charge in [-0.15, -0.1) is 0 Å². The highest BCUT2D eigenvalue weighted by Crippen LogP contribution is 2.23. The van der Waals surface area contributed by atoms with Crippen molar-refractivity contribution in [1.29, 1.82) is 0 Å². The summed E-state index contributed by atoms with van der Waals surface area (Å²) in [6, 6.07) is 10.3. The topological polar surface area (TPSA) is 45.1 Å². The molecule has 22 heavy (non-hydrogen) atoms. The molecule has 0 saturated heterocycles. The van der Waals surface area contributed by atoms with Crippen LogP contribution in [0.1, 0.15) is 25.7 Å². The summed E-state index contributed by atoms with van der Waals surface area (Å²) in [5.41, 5.74) is 1.15. The van der Waals surface area contributed by atoms with Crippen LogP contribution in [0.2, 0.25) is 0 Å². The Morgan fingerprint density at radius 1 is 1.18 bits per heavy atom.